The lowest BCUT2D eigenvalue weighted by Crippen LogP contribution is -2.29. The summed E-state index contributed by atoms with van der Waals surface area (Å²) in [4.78, 5) is 31.2. The topological polar surface area (TPSA) is 98.7 Å². The maximum atomic E-state index is 12.2. The number of H-pyrrole nitrogens is 1. The summed E-state index contributed by atoms with van der Waals surface area (Å²) in [5.74, 6) is 0.737. The highest BCUT2D eigenvalue weighted by atomic mass is 16.2. The molecule has 0 radical (unpaired) electrons. The molecule has 1 aromatic carbocycles. The van der Waals surface area contributed by atoms with Gasteiger partial charge in [-0.3, -0.25) is 9.78 Å². The number of nitrogens with zero attached hydrogens (tertiary/aromatic N) is 3. The Kier molecular flexibility index (Phi) is 3.64. The van der Waals surface area contributed by atoms with Crippen LogP contribution < -0.4 is 17.0 Å². The molecule has 0 aliphatic heterocycles. The second kappa shape index (κ2) is 5.61. The van der Waals surface area contributed by atoms with E-state index in [1.165, 1.54) is 4.57 Å². The summed E-state index contributed by atoms with van der Waals surface area (Å²) in [5, 5.41) is 0. The van der Waals surface area contributed by atoms with Crippen LogP contribution in [-0.4, -0.2) is 25.6 Å². The SMILES string of the molecule is Cn1c(CCCN)nc2c1c(=O)[nH]c(=O)n2-c1ccccc1. The van der Waals surface area contributed by atoms with E-state index in [0.29, 0.717) is 29.8 Å². The van der Waals surface area contributed by atoms with Gasteiger partial charge in [-0.25, -0.2) is 14.3 Å². The first kappa shape index (κ1) is 14.3. The number of nitrogens with one attached hydrogen (secondary N) is 1. The van der Waals surface area contributed by atoms with Crippen molar-refractivity contribution >= 4 is 11.2 Å². The fourth-order valence-corrected chi connectivity index (χ4v) is 2.55. The molecule has 3 rings (SSSR count). The van der Waals surface area contributed by atoms with Crippen molar-refractivity contribution in [3.8, 4) is 5.69 Å². The molecular formula is C15H17N5O2. The Balaban J connectivity index is 2.33. The van der Waals surface area contributed by atoms with Crippen molar-refractivity contribution in [2.45, 2.75) is 12.8 Å². The van der Waals surface area contributed by atoms with Gasteiger partial charge in [0.1, 0.15) is 5.82 Å². The molecule has 114 valence electrons. The second-order valence-corrected chi connectivity index (χ2v) is 5.08. The largest absolute Gasteiger partial charge is 0.334 e. The van der Waals surface area contributed by atoms with Gasteiger partial charge >= 0.3 is 5.69 Å². The van der Waals surface area contributed by atoms with Gasteiger partial charge in [-0.1, -0.05) is 18.2 Å². The molecule has 0 bridgehead atoms. The molecule has 7 nitrogen and oxygen atoms in total. The molecule has 0 atom stereocenters. The molecule has 0 saturated carbocycles. The van der Waals surface area contributed by atoms with Crippen molar-refractivity contribution in [2.24, 2.45) is 12.8 Å². The van der Waals surface area contributed by atoms with Crippen molar-refractivity contribution < 1.29 is 0 Å². The van der Waals surface area contributed by atoms with Crippen molar-refractivity contribution in [2.75, 3.05) is 6.54 Å². The minimum atomic E-state index is -0.493. The molecule has 3 aromatic rings. The average molecular weight is 299 g/mol. The molecule has 0 unspecified atom stereocenters. The monoisotopic (exact) mass is 299 g/mol. The van der Waals surface area contributed by atoms with Crippen molar-refractivity contribution in [3.63, 3.8) is 0 Å². The van der Waals surface area contributed by atoms with Gasteiger partial charge in [0.05, 0.1) is 5.69 Å². The van der Waals surface area contributed by atoms with Crippen LogP contribution in [0.2, 0.25) is 0 Å². The van der Waals surface area contributed by atoms with Crippen LogP contribution >= 0.6 is 0 Å². The highest BCUT2D eigenvalue weighted by Crippen LogP contribution is 2.14. The first-order valence-electron chi connectivity index (χ1n) is 7.09. The number of fused-ring (bicyclic) bond motifs is 1. The smallest absolute Gasteiger partial charge is 0.330 e. The van der Waals surface area contributed by atoms with E-state index in [0.717, 1.165) is 12.2 Å². The molecular weight excluding hydrogens is 282 g/mol. The maximum absolute atomic E-state index is 12.2. The number of imidazole rings is 1. The quantitative estimate of drug-likeness (QED) is 0.724. The van der Waals surface area contributed by atoms with E-state index < -0.39 is 11.2 Å². The molecule has 3 N–H and O–H groups in total. The van der Waals surface area contributed by atoms with Crippen LogP contribution in [0.3, 0.4) is 0 Å². The number of aryl methyl sites for hydroxylation is 2. The lowest BCUT2D eigenvalue weighted by molar-refractivity contribution is 0.739. The zero-order valence-corrected chi connectivity index (χ0v) is 12.2. The van der Waals surface area contributed by atoms with E-state index >= 15 is 0 Å². The number of hydrogen-bond acceptors (Lipinski definition) is 4. The number of nitrogens with two attached hydrogens (primary N) is 1. The predicted octanol–water partition coefficient (Wildman–Crippen LogP) is 0.304. The van der Waals surface area contributed by atoms with E-state index in [4.69, 9.17) is 5.73 Å². The minimum absolute atomic E-state index is 0.370. The summed E-state index contributed by atoms with van der Waals surface area (Å²) in [6.45, 7) is 0.547. The van der Waals surface area contributed by atoms with Gasteiger partial charge in [0.15, 0.2) is 11.2 Å². The van der Waals surface area contributed by atoms with Crippen molar-refractivity contribution in [1.82, 2.24) is 19.1 Å². The lowest BCUT2D eigenvalue weighted by atomic mass is 10.3. The molecule has 0 aliphatic carbocycles. The fourth-order valence-electron chi connectivity index (χ4n) is 2.55. The van der Waals surface area contributed by atoms with Gasteiger partial charge < -0.3 is 10.3 Å². The number of hydrogen-bond donors (Lipinski definition) is 2. The molecule has 2 heterocycles. The molecule has 22 heavy (non-hydrogen) atoms. The molecule has 0 aliphatic rings. The third-order valence-electron chi connectivity index (χ3n) is 3.64. The fraction of sp³-hybridized carbons (Fsp3) is 0.267. The summed E-state index contributed by atoms with van der Waals surface area (Å²) in [6, 6.07) is 9.12. The predicted molar refractivity (Wildman–Crippen MR) is 84.3 cm³/mol. The number of aromatic nitrogens is 4. The second-order valence-electron chi connectivity index (χ2n) is 5.08. The molecule has 0 spiro atoms. The van der Waals surface area contributed by atoms with Gasteiger partial charge in [0, 0.05) is 13.5 Å². The van der Waals surface area contributed by atoms with Crippen LogP contribution in [0.25, 0.3) is 16.9 Å². The lowest BCUT2D eigenvalue weighted by Gasteiger charge is -2.05. The Morgan fingerprint density at radius 1 is 1.23 bits per heavy atom. The molecule has 2 aromatic heterocycles. The van der Waals surface area contributed by atoms with E-state index in [2.05, 4.69) is 9.97 Å². The molecule has 0 amide bonds. The van der Waals surface area contributed by atoms with E-state index in [1.54, 1.807) is 23.7 Å². The van der Waals surface area contributed by atoms with Crippen LogP contribution in [0.1, 0.15) is 12.2 Å². The Hall–Kier alpha value is -2.67. The number of rotatable bonds is 4. The van der Waals surface area contributed by atoms with E-state index in [9.17, 15) is 9.59 Å². The van der Waals surface area contributed by atoms with E-state index in [-0.39, 0.29) is 0 Å². The van der Waals surface area contributed by atoms with Crippen LogP contribution in [0.5, 0.6) is 0 Å². The number of para-hydroxylation sites is 1. The molecule has 0 saturated heterocycles. The summed E-state index contributed by atoms with van der Waals surface area (Å²) in [6.07, 6.45) is 1.43. The number of benzene rings is 1. The summed E-state index contributed by atoms with van der Waals surface area (Å²) >= 11 is 0. The third kappa shape index (κ3) is 2.25. The third-order valence-corrected chi connectivity index (χ3v) is 3.64. The van der Waals surface area contributed by atoms with Gasteiger partial charge in [-0.05, 0) is 25.1 Å². The highest BCUT2D eigenvalue weighted by Gasteiger charge is 2.16. The van der Waals surface area contributed by atoms with Crippen LogP contribution in [0.4, 0.5) is 0 Å². The number of aromatic amines is 1. The first-order chi connectivity index (χ1) is 10.6. The van der Waals surface area contributed by atoms with Gasteiger partial charge in [-0.15, -0.1) is 0 Å². The molecule has 7 heteroatoms. The summed E-state index contributed by atoms with van der Waals surface area (Å²) < 4.78 is 3.14. The van der Waals surface area contributed by atoms with E-state index in [1.807, 2.05) is 18.2 Å². The van der Waals surface area contributed by atoms with Gasteiger partial charge in [-0.2, -0.15) is 0 Å². The van der Waals surface area contributed by atoms with Crippen molar-refractivity contribution in [1.29, 1.82) is 0 Å². The van der Waals surface area contributed by atoms with Crippen LogP contribution in [-0.2, 0) is 13.5 Å². The zero-order chi connectivity index (χ0) is 15.7. The standard InChI is InChI=1S/C15H17N5O2/c1-19-11(8-5-9-16)17-13-12(19)14(21)18-15(22)20(13)10-6-3-2-4-7-10/h2-4,6-7H,5,8-9,16H2,1H3,(H,18,21,22). The normalized spacial score (nSPS) is 11.2. The Labute approximate surface area is 126 Å². The Morgan fingerprint density at radius 3 is 2.64 bits per heavy atom. The van der Waals surface area contributed by atoms with Crippen molar-refractivity contribution in [3.05, 3.63) is 57.0 Å². The van der Waals surface area contributed by atoms with Gasteiger partial charge in [0.2, 0.25) is 0 Å². The van der Waals surface area contributed by atoms with Crippen LogP contribution in [0, 0.1) is 0 Å². The Morgan fingerprint density at radius 2 is 1.95 bits per heavy atom. The minimum Gasteiger partial charge on any atom is -0.330 e. The summed E-state index contributed by atoms with van der Waals surface area (Å²) in [5.41, 5.74) is 6.03. The van der Waals surface area contributed by atoms with Gasteiger partial charge in [0.25, 0.3) is 5.56 Å². The summed E-state index contributed by atoms with van der Waals surface area (Å²) in [7, 11) is 1.77. The zero-order valence-electron chi connectivity index (χ0n) is 12.2. The maximum Gasteiger partial charge on any atom is 0.334 e. The molecule has 0 fully saturated rings. The average Bonchev–Trinajstić information content (AvgIpc) is 2.83. The first-order valence-corrected chi connectivity index (χ1v) is 7.09. The van der Waals surface area contributed by atoms with Crippen LogP contribution in [0.15, 0.2) is 39.9 Å². The highest BCUT2D eigenvalue weighted by molar-refractivity contribution is 5.73. The Bertz CT molecular complexity index is 921.